The van der Waals surface area contributed by atoms with Crippen LogP contribution in [0.5, 0.6) is 0 Å². The fraction of sp³-hybridized carbons (Fsp3) is 0.167. The molecule has 0 aliphatic carbocycles. The van der Waals surface area contributed by atoms with Crippen LogP contribution in [0.1, 0.15) is 27.2 Å². The molecule has 0 radical (unpaired) electrons. The van der Waals surface area contributed by atoms with Gasteiger partial charge in [-0.1, -0.05) is 12.1 Å². The molecule has 5 nitrogen and oxygen atoms in total. The number of carbonyl (C=O) groups is 1. The Labute approximate surface area is 146 Å². The minimum Gasteiger partial charge on any atom is -0.316 e. The van der Waals surface area contributed by atoms with E-state index in [0.717, 1.165) is 23.8 Å². The van der Waals surface area contributed by atoms with Crippen LogP contribution in [-0.4, -0.2) is 15.3 Å². The van der Waals surface area contributed by atoms with Crippen LogP contribution in [0.25, 0.3) is 5.65 Å². The van der Waals surface area contributed by atoms with Crippen molar-refractivity contribution in [3.05, 3.63) is 75.3 Å². The van der Waals surface area contributed by atoms with Crippen LogP contribution in [0.15, 0.2) is 47.4 Å². The third kappa shape index (κ3) is 3.30. The lowest BCUT2D eigenvalue weighted by Crippen LogP contribution is -2.25. The topological polar surface area (TPSA) is 63.5 Å². The third-order valence-electron chi connectivity index (χ3n) is 3.84. The van der Waals surface area contributed by atoms with Gasteiger partial charge in [-0.15, -0.1) is 0 Å². The minimum atomic E-state index is -4.56. The molecule has 134 valence electrons. The third-order valence-corrected chi connectivity index (χ3v) is 3.84. The normalized spacial score (nSPS) is 11.6. The SMILES string of the molecule is Cc1ccc2nc(C)c(NC(=O)c3cccc(C(F)(F)F)c3)c(=O)n2c1. The first kappa shape index (κ1) is 17.7. The van der Waals surface area contributed by atoms with Gasteiger partial charge >= 0.3 is 6.18 Å². The Hall–Kier alpha value is -3.16. The number of amides is 1. The van der Waals surface area contributed by atoms with Gasteiger partial charge in [0.2, 0.25) is 0 Å². The summed E-state index contributed by atoms with van der Waals surface area (Å²) in [5, 5.41) is 2.38. The van der Waals surface area contributed by atoms with Gasteiger partial charge in [0.1, 0.15) is 11.3 Å². The molecule has 0 fully saturated rings. The van der Waals surface area contributed by atoms with Crippen molar-refractivity contribution in [3.8, 4) is 0 Å². The van der Waals surface area contributed by atoms with Gasteiger partial charge in [0, 0.05) is 11.8 Å². The van der Waals surface area contributed by atoms with Crippen molar-refractivity contribution < 1.29 is 18.0 Å². The summed E-state index contributed by atoms with van der Waals surface area (Å²) in [6.07, 6.45) is -2.99. The molecule has 3 rings (SSSR count). The van der Waals surface area contributed by atoms with E-state index in [0.29, 0.717) is 5.65 Å². The van der Waals surface area contributed by atoms with E-state index in [9.17, 15) is 22.8 Å². The number of fused-ring (bicyclic) bond motifs is 1. The highest BCUT2D eigenvalue weighted by Gasteiger charge is 2.31. The lowest BCUT2D eigenvalue weighted by Gasteiger charge is -2.11. The second-order valence-electron chi connectivity index (χ2n) is 5.84. The molecule has 0 saturated carbocycles. The summed E-state index contributed by atoms with van der Waals surface area (Å²) in [7, 11) is 0. The van der Waals surface area contributed by atoms with E-state index in [1.807, 2.05) is 0 Å². The standard InChI is InChI=1S/C18H14F3N3O2/c1-10-6-7-14-22-11(2)15(17(26)24(14)9-10)23-16(25)12-4-3-5-13(8-12)18(19,20)21/h3-9H,1-2H3,(H,23,25). The summed E-state index contributed by atoms with van der Waals surface area (Å²) in [4.78, 5) is 29.2. The molecule has 0 bridgehead atoms. The van der Waals surface area contributed by atoms with E-state index in [1.54, 1.807) is 32.2 Å². The average Bonchev–Trinajstić information content (AvgIpc) is 2.58. The average molecular weight is 361 g/mol. The first-order valence-electron chi connectivity index (χ1n) is 7.65. The van der Waals surface area contributed by atoms with Gasteiger partial charge < -0.3 is 5.32 Å². The number of aryl methyl sites for hydroxylation is 2. The Kier molecular flexibility index (Phi) is 4.27. The van der Waals surface area contributed by atoms with E-state index in [-0.39, 0.29) is 16.9 Å². The molecule has 2 heterocycles. The number of halogens is 3. The smallest absolute Gasteiger partial charge is 0.316 e. The van der Waals surface area contributed by atoms with Gasteiger partial charge in [-0.2, -0.15) is 13.2 Å². The van der Waals surface area contributed by atoms with Crippen molar-refractivity contribution in [2.45, 2.75) is 20.0 Å². The van der Waals surface area contributed by atoms with Crippen LogP contribution in [0.3, 0.4) is 0 Å². The molecule has 2 aromatic heterocycles. The minimum absolute atomic E-state index is 0.0736. The highest BCUT2D eigenvalue weighted by Crippen LogP contribution is 2.29. The molecule has 0 atom stereocenters. The zero-order chi connectivity index (χ0) is 19.1. The van der Waals surface area contributed by atoms with Crippen LogP contribution in [0.4, 0.5) is 18.9 Å². The molecule has 0 aliphatic heterocycles. The molecule has 1 aromatic carbocycles. The number of hydrogen-bond acceptors (Lipinski definition) is 3. The summed E-state index contributed by atoms with van der Waals surface area (Å²) in [6.45, 7) is 3.34. The number of anilines is 1. The lowest BCUT2D eigenvalue weighted by atomic mass is 10.1. The van der Waals surface area contributed by atoms with Crippen molar-refractivity contribution in [2.75, 3.05) is 5.32 Å². The van der Waals surface area contributed by atoms with Crippen molar-refractivity contribution in [3.63, 3.8) is 0 Å². The second kappa shape index (κ2) is 6.29. The maximum atomic E-state index is 12.8. The van der Waals surface area contributed by atoms with Gasteiger partial charge in [0.15, 0.2) is 0 Å². The van der Waals surface area contributed by atoms with Crippen molar-refractivity contribution in [1.82, 2.24) is 9.38 Å². The van der Waals surface area contributed by atoms with Gasteiger partial charge in [-0.05, 0) is 43.7 Å². The molecule has 1 N–H and O–H groups in total. The number of benzene rings is 1. The summed E-state index contributed by atoms with van der Waals surface area (Å²) in [6, 6.07) is 7.46. The van der Waals surface area contributed by atoms with E-state index < -0.39 is 23.2 Å². The van der Waals surface area contributed by atoms with Gasteiger partial charge in [0.25, 0.3) is 11.5 Å². The van der Waals surface area contributed by atoms with Gasteiger partial charge in [-0.3, -0.25) is 14.0 Å². The second-order valence-corrected chi connectivity index (χ2v) is 5.84. The maximum Gasteiger partial charge on any atom is 0.416 e. The molecule has 0 spiro atoms. The van der Waals surface area contributed by atoms with Crippen LogP contribution in [0, 0.1) is 13.8 Å². The highest BCUT2D eigenvalue weighted by atomic mass is 19.4. The first-order valence-corrected chi connectivity index (χ1v) is 7.65. The monoisotopic (exact) mass is 361 g/mol. The predicted octanol–water partition coefficient (Wildman–Crippen LogP) is 3.58. The van der Waals surface area contributed by atoms with E-state index in [1.165, 1.54) is 10.5 Å². The molecular weight excluding hydrogens is 347 g/mol. The number of nitrogens with one attached hydrogen (secondary N) is 1. The van der Waals surface area contributed by atoms with Crippen LogP contribution in [0.2, 0.25) is 0 Å². The molecule has 3 aromatic rings. The molecule has 0 unspecified atom stereocenters. The summed E-state index contributed by atoms with van der Waals surface area (Å²) in [5.74, 6) is -0.814. The number of rotatable bonds is 2. The summed E-state index contributed by atoms with van der Waals surface area (Å²) < 4.78 is 39.7. The molecular formula is C18H14F3N3O2. The zero-order valence-corrected chi connectivity index (χ0v) is 13.9. The van der Waals surface area contributed by atoms with Crippen molar-refractivity contribution in [1.29, 1.82) is 0 Å². The molecule has 26 heavy (non-hydrogen) atoms. The fourth-order valence-corrected chi connectivity index (χ4v) is 2.52. The van der Waals surface area contributed by atoms with Crippen LogP contribution in [-0.2, 0) is 6.18 Å². The number of aromatic nitrogens is 2. The Morgan fingerprint density at radius 2 is 1.88 bits per heavy atom. The van der Waals surface area contributed by atoms with E-state index in [2.05, 4.69) is 10.3 Å². The van der Waals surface area contributed by atoms with E-state index >= 15 is 0 Å². The quantitative estimate of drug-likeness (QED) is 0.759. The maximum absolute atomic E-state index is 12.8. The first-order chi connectivity index (χ1) is 12.2. The molecule has 8 heteroatoms. The Balaban J connectivity index is 2.01. The van der Waals surface area contributed by atoms with Gasteiger partial charge in [0.05, 0.1) is 11.3 Å². The van der Waals surface area contributed by atoms with Gasteiger partial charge in [-0.25, -0.2) is 4.98 Å². The zero-order valence-electron chi connectivity index (χ0n) is 13.9. The molecule has 1 amide bonds. The Bertz CT molecular complexity index is 1070. The number of nitrogens with zero attached hydrogens (tertiary/aromatic N) is 2. The lowest BCUT2D eigenvalue weighted by molar-refractivity contribution is -0.137. The predicted molar refractivity (Wildman–Crippen MR) is 90.3 cm³/mol. The number of carbonyl (C=O) groups excluding carboxylic acids is 1. The van der Waals surface area contributed by atoms with Crippen LogP contribution < -0.4 is 10.9 Å². The van der Waals surface area contributed by atoms with Crippen molar-refractivity contribution >= 4 is 17.2 Å². The van der Waals surface area contributed by atoms with Crippen molar-refractivity contribution in [2.24, 2.45) is 0 Å². The number of alkyl halides is 3. The number of hydrogen-bond donors (Lipinski definition) is 1. The Morgan fingerprint density at radius 1 is 1.15 bits per heavy atom. The van der Waals surface area contributed by atoms with E-state index in [4.69, 9.17) is 0 Å². The van der Waals surface area contributed by atoms with Crippen LogP contribution >= 0.6 is 0 Å². The molecule has 0 aliphatic rings. The largest absolute Gasteiger partial charge is 0.416 e. The summed E-state index contributed by atoms with van der Waals surface area (Å²) in [5.41, 5.74) is -0.208. The number of pyridine rings is 1. The fourth-order valence-electron chi connectivity index (χ4n) is 2.52. The molecule has 0 saturated heterocycles. The Morgan fingerprint density at radius 3 is 2.58 bits per heavy atom. The highest BCUT2D eigenvalue weighted by molar-refractivity contribution is 6.04. The summed E-state index contributed by atoms with van der Waals surface area (Å²) >= 11 is 0.